The van der Waals surface area contributed by atoms with E-state index in [0.29, 0.717) is 28.8 Å². The Hall–Kier alpha value is -2.80. The van der Waals surface area contributed by atoms with Crippen molar-refractivity contribution in [3.8, 4) is 5.75 Å². The second-order valence-corrected chi connectivity index (χ2v) is 10.4. The van der Waals surface area contributed by atoms with Gasteiger partial charge in [-0.2, -0.15) is 5.06 Å². The Morgan fingerprint density at radius 2 is 1.68 bits per heavy atom. The van der Waals surface area contributed by atoms with Crippen LogP contribution in [-0.2, 0) is 28.7 Å². The van der Waals surface area contributed by atoms with Crippen LogP contribution in [0.5, 0.6) is 5.75 Å². The third-order valence-corrected chi connectivity index (χ3v) is 6.33. The monoisotopic (exact) mass is 575 g/mol. The molecule has 1 aromatic carbocycles. The van der Waals surface area contributed by atoms with Gasteiger partial charge in [-0.05, 0) is 58.6 Å². The van der Waals surface area contributed by atoms with Crippen molar-refractivity contribution in [1.82, 2.24) is 14.9 Å². The minimum absolute atomic E-state index is 0.0268. The molecular weight excluding hydrogens is 545 g/mol. The third kappa shape index (κ3) is 7.62. The molecule has 0 radical (unpaired) electrons. The third-order valence-electron chi connectivity index (χ3n) is 5.89. The summed E-state index contributed by atoms with van der Waals surface area (Å²) in [7, 11) is 3.71. The second-order valence-electron chi connectivity index (χ2n) is 9.57. The van der Waals surface area contributed by atoms with E-state index in [1.807, 2.05) is 19.0 Å². The van der Waals surface area contributed by atoms with Gasteiger partial charge in [-0.1, -0.05) is 23.2 Å². The molecule has 3 rings (SSSR count). The molecule has 0 aromatic heterocycles. The first kappa shape index (κ1) is 29.8. The maximum absolute atomic E-state index is 13.7. The molecule has 1 N–H and O–H groups in total. The number of halogens is 2. The zero-order chi connectivity index (χ0) is 28.1. The molecule has 2 heterocycles. The summed E-state index contributed by atoms with van der Waals surface area (Å²) in [6.45, 7) is 1.54. The Labute approximate surface area is 230 Å². The molecule has 2 fully saturated rings. The van der Waals surface area contributed by atoms with Crippen LogP contribution in [0.15, 0.2) is 18.2 Å². The zero-order valence-corrected chi connectivity index (χ0v) is 22.9. The van der Waals surface area contributed by atoms with Crippen molar-refractivity contribution in [1.29, 1.82) is 0 Å². The van der Waals surface area contributed by atoms with Crippen LogP contribution in [0.1, 0.15) is 32.6 Å². The number of benzene rings is 1. The largest absolute Gasteiger partial charge is 0.493 e. The predicted molar refractivity (Wildman–Crippen MR) is 134 cm³/mol. The maximum Gasteiger partial charge on any atom is 0.356 e. The number of esters is 2. The number of rotatable bonds is 9. The average molecular weight is 576 g/mol. The number of carbonyl (C=O) groups excluding carboxylic acids is 4. The van der Waals surface area contributed by atoms with Crippen molar-refractivity contribution in [2.24, 2.45) is 0 Å². The summed E-state index contributed by atoms with van der Waals surface area (Å²) in [6.07, 6.45) is -1.03. The fourth-order valence-corrected chi connectivity index (χ4v) is 4.47. The average Bonchev–Trinajstić information content (AvgIpc) is 2.79. The topological polar surface area (TPSA) is 135 Å². The van der Waals surface area contributed by atoms with Gasteiger partial charge in [-0.3, -0.25) is 9.69 Å². The van der Waals surface area contributed by atoms with Crippen LogP contribution in [0.2, 0.25) is 10.0 Å². The van der Waals surface area contributed by atoms with Crippen molar-refractivity contribution >= 4 is 47.1 Å². The molecular formula is C24H31Cl2N3O9. The molecule has 2 aliphatic rings. The van der Waals surface area contributed by atoms with Gasteiger partial charge in [0.25, 0.3) is 0 Å². The normalized spacial score (nSPS) is 24.5. The lowest BCUT2D eigenvalue weighted by molar-refractivity contribution is -0.232. The number of urea groups is 1. The fourth-order valence-electron chi connectivity index (χ4n) is 3.97. The molecule has 2 bridgehead atoms. The number of nitrogens with zero attached hydrogens (tertiary/aromatic N) is 3. The lowest BCUT2D eigenvalue weighted by Gasteiger charge is -2.44. The van der Waals surface area contributed by atoms with Crippen LogP contribution < -0.4 is 4.74 Å². The van der Waals surface area contributed by atoms with Gasteiger partial charge in [0.2, 0.25) is 5.72 Å². The van der Waals surface area contributed by atoms with Gasteiger partial charge < -0.3 is 29.1 Å². The SMILES string of the molecule is CN(C)CCCN1OC(=O)CC2(O)CC(=O)OCC(C)(OC2=O)N(CCCOc2cc(Cl)cc(Cl)c2)C1=O. The van der Waals surface area contributed by atoms with E-state index in [4.69, 9.17) is 42.3 Å². The number of hydrogen-bond acceptors (Lipinski definition) is 10. The lowest BCUT2D eigenvalue weighted by atomic mass is 9.94. The summed E-state index contributed by atoms with van der Waals surface area (Å²) in [5.41, 5.74) is -4.34. The van der Waals surface area contributed by atoms with Crippen molar-refractivity contribution in [2.75, 3.05) is 46.9 Å². The van der Waals surface area contributed by atoms with Gasteiger partial charge in [0, 0.05) is 16.6 Å². The first-order valence-corrected chi connectivity index (χ1v) is 12.7. The van der Waals surface area contributed by atoms with Crippen molar-refractivity contribution < 1.29 is 43.3 Å². The lowest BCUT2D eigenvalue weighted by Crippen LogP contribution is -2.64. The molecule has 210 valence electrons. The van der Waals surface area contributed by atoms with Gasteiger partial charge in [0.15, 0.2) is 12.2 Å². The van der Waals surface area contributed by atoms with Gasteiger partial charge in [-0.25, -0.2) is 14.4 Å². The Kier molecular flexibility index (Phi) is 9.69. The summed E-state index contributed by atoms with van der Waals surface area (Å²) >= 11 is 12.0. The van der Waals surface area contributed by atoms with E-state index in [2.05, 4.69) is 0 Å². The summed E-state index contributed by atoms with van der Waals surface area (Å²) in [6, 6.07) is 3.91. The van der Waals surface area contributed by atoms with Crippen LogP contribution in [0.4, 0.5) is 4.79 Å². The number of carbonyl (C=O) groups is 4. The number of amides is 2. The first-order chi connectivity index (χ1) is 17.8. The second kappa shape index (κ2) is 12.4. The summed E-state index contributed by atoms with van der Waals surface area (Å²) in [4.78, 5) is 59.9. The van der Waals surface area contributed by atoms with Crippen molar-refractivity contribution in [3.63, 3.8) is 0 Å². The molecule has 2 amide bonds. The quantitative estimate of drug-likeness (QED) is 0.345. The van der Waals surface area contributed by atoms with Crippen LogP contribution in [0.25, 0.3) is 0 Å². The molecule has 0 aliphatic carbocycles. The highest BCUT2D eigenvalue weighted by Gasteiger charge is 2.53. The molecule has 38 heavy (non-hydrogen) atoms. The van der Waals surface area contributed by atoms with Crippen LogP contribution in [0, 0.1) is 0 Å². The van der Waals surface area contributed by atoms with Crippen LogP contribution >= 0.6 is 23.2 Å². The minimum Gasteiger partial charge on any atom is -0.493 e. The predicted octanol–water partition coefficient (Wildman–Crippen LogP) is 2.24. The minimum atomic E-state index is -2.52. The number of hydrogen-bond donors (Lipinski definition) is 1. The number of aliphatic hydroxyl groups is 1. The Balaban J connectivity index is 1.87. The zero-order valence-electron chi connectivity index (χ0n) is 21.4. The molecule has 2 aliphatic heterocycles. The number of hydroxylamine groups is 2. The molecule has 14 heteroatoms. The summed E-state index contributed by atoms with van der Waals surface area (Å²) < 4.78 is 16.5. The van der Waals surface area contributed by atoms with E-state index in [0.717, 1.165) is 9.96 Å². The van der Waals surface area contributed by atoms with Crippen molar-refractivity contribution in [2.45, 2.75) is 43.9 Å². The molecule has 1 aromatic rings. The summed E-state index contributed by atoms with van der Waals surface area (Å²) in [5.74, 6) is -2.84. The van der Waals surface area contributed by atoms with Crippen molar-refractivity contribution in [3.05, 3.63) is 28.2 Å². The highest BCUT2D eigenvalue weighted by atomic mass is 35.5. The summed E-state index contributed by atoms with van der Waals surface area (Å²) in [5, 5.41) is 12.5. The number of fused-ring (bicyclic) bond motifs is 3. The van der Waals surface area contributed by atoms with Gasteiger partial charge in [0.05, 0.1) is 26.0 Å². The molecule has 2 unspecified atom stereocenters. The van der Waals surface area contributed by atoms with E-state index >= 15 is 0 Å². The van der Waals surface area contributed by atoms with Gasteiger partial charge in [-0.15, -0.1) is 0 Å². The highest BCUT2D eigenvalue weighted by molar-refractivity contribution is 6.34. The highest BCUT2D eigenvalue weighted by Crippen LogP contribution is 2.31. The Morgan fingerprint density at radius 1 is 1.03 bits per heavy atom. The molecule has 0 spiro atoms. The van der Waals surface area contributed by atoms with Gasteiger partial charge in [0.1, 0.15) is 5.75 Å². The maximum atomic E-state index is 13.7. The first-order valence-electron chi connectivity index (χ1n) is 12.0. The Bertz CT molecular complexity index is 1050. The van der Waals surface area contributed by atoms with E-state index in [1.165, 1.54) is 6.92 Å². The molecule has 12 nitrogen and oxygen atoms in total. The standard InChI is InChI=1S/C24H31Cl2N3O9/c1-23-15-36-19(30)13-24(34,21(32)37-23)14-20(31)38-29(8-4-6-27(2)3)22(33)28(23)7-5-9-35-18-11-16(25)10-17(26)12-18/h10-12,34H,4-9,13-15H2,1-3H3. The van der Waals surface area contributed by atoms with Crippen LogP contribution in [0.3, 0.4) is 0 Å². The molecule has 2 atom stereocenters. The fraction of sp³-hybridized carbons (Fsp3) is 0.583. The molecule has 0 saturated carbocycles. The smallest absolute Gasteiger partial charge is 0.356 e. The molecule has 2 saturated heterocycles. The van der Waals surface area contributed by atoms with Gasteiger partial charge >= 0.3 is 23.9 Å². The Morgan fingerprint density at radius 3 is 2.34 bits per heavy atom. The van der Waals surface area contributed by atoms with E-state index in [9.17, 15) is 24.3 Å². The van der Waals surface area contributed by atoms with Crippen LogP contribution in [-0.4, -0.2) is 102 Å². The number of ether oxygens (including phenoxy) is 3. The van der Waals surface area contributed by atoms with E-state index < -0.39 is 54.7 Å². The van der Waals surface area contributed by atoms with E-state index in [1.54, 1.807) is 18.2 Å². The number of cyclic esters (lactones) is 1. The van der Waals surface area contributed by atoms with E-state index in [-0.39, 0.29) is 26.1 Å².